The molecule has 0 spiro atoms. The maximum atomic E-state index is 13.0. The van der Waals surface area contributed by atoms with Crippen LogP contribution in [0.1, 0.15) is 27.2 Å². The van der Waals surface area contributed by atoms with Crippen LogP contribution in [0.3, 0.4) is 0 Å². The second-order valence-corrected chi connectivity index (χ2v) is 9.55. The summed E-state index contributed by atoms with van der Waals surface area (Å²) in [7, 11) is -0.913. The van der Waals surface area contributed by atoms with Gasteiger partial charge in [0.1, 0.15) is 5.76 Å². The van der Waals surface area contributed by atoms with Gasteiger partial charge >= 0.3 is 6.18 Å². The molecule has 0 aliphatic heterocycles. The molecule has 1 aromatic heterocycles. The van der Waals surface area contributed by atoms with Crippen molar-refractivity contribution in [2.45, 2.75) is 24.9 Å². The summed E-state index contributed by atoms with van der Waals surface area (Å²) in [5, 5.41) is 2.62. The second kappa shape index (κ2) is 8.44. The van der Waals surface area contributed by atoms with E-state index in [1.807, 2.05) is 0 Å². The number of carbonyl (C=O) groups excluding carboxylic acids is 1. The summed E-state index contributed by atoms with van der Waals surface area (Å²) < 4.78 is 70.4. The van der Waals surface area contributed by atoms with E-state index in [9.17, 15) is 26.4 Å². The first-order valence-corrected chi connectivity index (χ1v) is 10.9. The van der Waals surface area contributed by atoms with Crippen molar-refractivity contribution in [1.82, 2.24) is 4.31 Å². The first-order chi connectivity index (χ1) is 14.8. The predicted octanol–water partition coefficient (Wildman–Crippen LogP) is 5.08. The minimum Gasteiger partial charge on any atom is -0.451 e. The van der Waals surface area contributed by atoms with Crippen LogP contribution in [0.5, 0.6) is 0 Å². The summed E-state index contributed by atoms with van der Waals surface area (Å²) in [5.41, 5.74) is 0.952. The Labute approximate surface area is 183 Å². The van der Waals surface area contributed by atoms with Crippen LogP contribution in [-0.2, 0) is 16.2 Å². The fourth-order valence-electron chi connectivity index (χ4n) is 2.96. The van der Waals surface area contributed by atoms with Crippen LogP contribution >= 0.6 is 0 Å². The Morgan fingerprint density at radius 2 is 1.72 bits per heavy atom. The molecule has 1 heterocycles. The van der Waals surface area contributed by atoms with Gasteiger partial charge < -0.3 is 9.73 Å². The molecule has 0 saturated heterocycles. The molecule has 0 radical (unpaired) electrons. The van der Waals surface area contributed by atoms with Crippen molar-refractivity contribution < 1.29 is 30.8 Å². The Morgan fingerprint density at radius 3 is 2.34 bits per heavy atom. The smallest absolute Gasteiger partial charge is 0.416 e. The molecule has 10 heteroatoms. The fourth-order valence-corrected chi connectivity index (χ4v) is 3.98. The first-order valence-electron chi connectivity index (χ1n) is 9.43. The van der Waals surface area contributed by atoms with Gasteiger partial charge in [-0.2, -0.15) is 13.2 Å². The van der Waals surface area contributed by atoms with Gasteiger partial charge in [-0.05, 0) is 61.4 Å². The Bertz CT molecular complexity index is 1280. The van der Waals surface area contributed by atoms with E-state index in [1.165, 1.54) is 50.5 Å². The second-order valence-electron chi connectivity index (χ2n) is 7.40. The number of nitrogens with one attached hydrogen (secondary N) is 1. The molecule has 3 rings (SSSR count). The van der Waals surface area contributed by atoms with E-state index in [1.54, 1.807) is 13.8 Å². The number of sulfonamides is 1. The van der Waals surface area contributed by atoms with Crippen LogP contribution in [-0.4, -0.2) is 32.7 Å². The van der Waals surface area contributed by atoms with Crippen molar-refractivity contribution in [3.05, 3.63) is 71.0 Å². The highest BCUT2D eigenvalue weighted by Gasteiger charge is 2.30. The van der Waals surface area contributed by atoms with Crippen molar-refractivity contribution in [3.8, 4) is 11.3 Å². The van der Waals surface area contributed by atoms with Crippen molar-refractivity contribution in [1.29, 1.82) is 0 Å². The normalized spacial score (nSPS) is 12.2. The first kappa shape index (κ1) is 23.6. The number of carbonyl (C=O) groups is 1. The van der Waals surface area contributed by atoms with Gasteiger partial charge in [0.25, 0.3) is 5.91 Å². The molecule has 3 aromatic rings. The van der Waals surface area contributed by atoms with E-state index in [-0.39, 0.29) is 27.7 Å². The minimum atomic E-state index is -4.50. The van der Waals surface area contributed by atoms with Gasteiger partial charge in [0.15, 0.2) is 5.76 Å². The lowest BCUT2D eigenvalue weighted by Crippen LogP contribution is -2.23. The number of nitrogens with zero attached hydrogens (tertiary/aromatic N) is 1. The highest BCUT2D eigenvalue weighted by molar-refractivity contribution is 7.89. The van der Waals surface area contributed by atoms with Gasteiger partial charge in [-0.25, -0.2) is 12.7 Å². The van der Waals surface area contributed by atoms with Gasteiger partial charge in [-0.15, -0.1) is 0 Å². The third-order valence-corrected chi connectivity index (χ3v) is 6.76. The number of aryl methyl sites for hydroxylation is 1. The maximum absolute atomic E-state index is 13.0. The lowest BCUT2D eigenvalue weighted by Gasteiger charge is -2.16. The van der Waals surface area contributed by atoms with Crippen LogP contribution in [0.15, 0.2) is 57.8 Å². The van der Waals surface area contributed by atoms with Crippen molar-refractivity contribution in [3.63, 3.8) is 0 Å². The summed E-state index contributed by atoms with van der Waals surface area (Å²) in [4.78, 5) is 12.7. The number of hydrogen-bond donors (Lipinski definition) is 1. The Kier molecular flexibility index (Phi) is 6.21. The maximum Gasteiger partial charge on any atom is 0.416 e. The van der Waals surface area contributed by atoms with E-state index in [0.717, 1.165) is 16.4 Å². The van der Waals surface area contributed by atoms with Crippen LogP contribution in [0.2, 0.25) is 0 Å². The number of anilines is 1. The number of alkyl halides is 3. The zero-order valence-corrected chi connectivity index (χ0v) is 18.6. The summed E-state index contributed by atoms with van der Waals surface area (Å²) >= 11 is 0. The molecule has 0 atom stereocenters. The molecule has 170 valence electrons. The number of furan rings is 1. The zero-order valence-electron chi connectivity index (χ0n) is 17.7. The molecule has 6 nitrogen and oxygen atoms in total. The van der Waals surface area contributed by atoms with E-state index in [0.29, 0.717) is 11.1 Å². The van der Waals surface area contributed by atoms with Gasteiger partial charge in [0.05, 0.1) is 10.5 Å². The summed E-state index contributed by atoms with van der Waals surface area (Å²) in [5.74, 6) is -0.696. The molecule has 2 aromatic carbocycles. The molecule has 0 fully saturated rings. The largest absolute Gasteiger partial charge is 0.451 e. The van der Waals surface area contributed by atoms with Crippen LogP contribution in [0.25, 0.3) is 11.3 Å². The third kappa shape index (κ3) is 4.71. The highest BCUT2D eigenvalue weighted by atomic mass is 32.2. The lowest BCUT2D eigenvalue weighted by molar-refractivity contribution is -0.137. The Morgan fingerprint density at radius 1 is 1.03 bits per heavy atom. The van der Waals surface area contributed by atoms with Crippen molar-refractivity contribution in [2.75, 3.05) is 19.4 Å². The fraction of sp³-hybridized carbons (Fsp3) is 0.227. The number of amides is 1. The molecule has 0 aliphatic rings. The average Bonchev–Trinajstić information content (AvgIpc) is 3.21. The highest BCUT2D eigenvalue weighted by Crippen LogP contribution is 2.33. The molecule has 1 amide bonds. The van der Waals surface area contributed by atoms with Gasteiger partial charge in [-0.1, -0.05) is 12.1 Å². The van der Waals surface area contributed by atoms with Gasteiger partial charge in [0.2, 0.25) is 10.0 Å². The summed E-state index contributed by atoms with van der Waals surface area (Å²) in [6.45, 7) is 3.45. The molecule has 0 aliphatic carbocycles. The quantitative estimate of drug-likeness (QED) is 0.568. The predicted molar refractivity (Wildman–Crippen MR) is 114 cm³/mol. The van der Waals surface area contributed by atoms with Crippen molar-refractivity contribution >= 4 is 21.6 Å². The molecule has 0 saturated carbocycles. The van der Waals surface area contributed by atoms with Crippen LogP contribution in [0, 0.1) is 13.8 Å². The molecule has 0 bridgehead atoms. The third-order valence-electron chi connectivity index (χ3n) is 4.97. The Balaban J connectivity index is 1.90. The van der Waals surface area contributed by atoms with Crippen LogP contribution < -0.4 is 5.32 Å². The van der Waals surface area contributed by atoms with Gasteiger partial charge in [0, 0.05) is 25.3 Å². The van der Waals surface area contributed by atoms with Gasteiger partial charge in [-0.3, -0.25) is 4.79 Å². The monoisotopic (exact) mass is 466 g/mol. The molecular weight excluding hydrogens is 445 g/mol. The zero-order chi connectivity index (χ0) is 23.8. The van der Waals surface area contributed by atoms with Crippen molar-refractivity contribution in [2.24, 2.45) is 0 Å². The standard InChI is InChI=1S/C22H21F3N2O4S/c1-13-10-17(32(29,30)27(3)4)12-18(14(13)2)26-21(28)20-9-8-19(31-20)15-6-5-7-16(11-15)22(23,24)25/h5-12H,1-4H3,(H,26,28). The molecular formula is C22H21F3N2O4S. The molecule has 1 N–H and O–H groups in total. The topological polar surface area (TPSA) is 79.6 Å². The minimum absolute atomic E-state index is 0.0185. The number of hydrogen-bond acceptors (Lipinski definition) is 4. The summed E-state index contributed by atoms with van der Waals surface area (Å²) in [6, 6.07) is 10.2. The Hall–Kier alpha value is -3.11. The SMILES string of the molecule is Cc1cc(S(=O)(=O)N(C)C)cc(NC(=O)c2ccc(-c3cccc(C(F)(F)F)c3)o2)c1C. The molecule has 32 heavy (non-hydrogen) atoms. The molecule has 0 unspecified atom stereocenters. The van der Waals surface area contributed by atoms with E-state index in [2.05, 4.69) is 5.32 Å². The number of rotatable bonds is 5. The number of halogens is 3. The van der Waals surface area contributed by atoms with E-state index >= 15 is 0 Å². The van der Waals surface area contributed by atoms with E-state index in [4.69, 9.17) is 4.42 Å². The van der Waals surface area contributed by atoms with Crippen LogP contribution in [0.4, 0.5) is 18.9 Å². The summed E-state index contributed by atoms with van der Waals surface area (Å²) in [6.07, 6.45) is -4.50. The number of benzene rings is 2. The lowest BCUT2D eigenvalue weighted by atomic mass is 10.1. The van der Waals surface area contributed by atoms with E-state index < -0.39 is 27.7 Å². The average molecular weight is 466 g/mol.